The zero-order valence-corrected chi connectivity index (χ0v) is 10.3. The molecule has 0 bridgehead atoms. The fraction of sp³-hybridized carbons (Fsp3) is 0.214. The Morgan fingerprint density at radius 3 is 2.16 bits per heavy atom. The molecule has 0 fully saturated rings. The predicted molar refractivity (Wildman–Crippen MR) is 65.6 cm³/mol. The van der Waals surface area contributed by atoms with Crippen LogP contribution in [0.2, 0.25) is 0 Å². The fourth-order valence-corrected chi connectivity index (χ4v) is 2.11. The number of aliphatic hydroxyl groups is 1. The minimum absolute atomic E-state index is 0.121. The summed E-state index contributed by atoms with van der Waals surface area (Å²) < 4.78 is 4.68. The number of esters is 1. The molecule has 0 saturated carbocycles. The highest BCUT2D eigenvalue weighted by Gasteiger charge is 2.52. The molecule has 0 saturated heterocycles. The lowest BCUT2D eigenvalue weighted by atomic mass is 9.93. The first kappa shape index (κ1) is 13.2. The summed E-state index contributed by atoms with van der Waals surface area (Å²) in [5.74, 6) is -2.13. The molecule has 2 rings (SSSR count). The van der Waals surface area contributed by atoms with Gasteiger partial charge in [0.15, 0.2) is 5.60 Å². The van der Waals surface area contributed by atoms with Crippen molar-refractivity contribution in [2.24, 2.45) is 0 Å². The Bertz CT molecular complexity index is 565. The largest absolute Gasteiger partial charge is 0.432 e. The smallest absolute Gasteiger partial charge is 0.307 e. The van der Waals surface area contributed by atoms with Gasteiger partial charge in [0.25, 0.3) is 0 Å². The third-order valence-electron chi connectivity index (χ3n) is 2.91. The number of benzene rings is 1. The highest BCUT2D eigenvalue weighted by molar-refractivity contribution is 6.32. The maximum absolute atomic E-state index is 12.1. The molecular formula is C14H12O5. The van der Waals surface area contributed by atoms with E-state index in [0.717, 1.165) is 0 Å². The van der Waals surface area contributed by atoms with Gasteiger partial charge in [-0.2, -0.15) is 0 Å². The van der Waals surface area contributed by atoms with E-state index in [4.69, 9.17) is 0 Å². The van der Waals surface area contributed by atoms with Crippen LogP contribution in [0.3, 0.4) is 0 Å². The molecule has 98 valence electrons. The molecule has 0 amide bonds. The summed E-state index contributed by atoms with van der Waals surface area (Å²) in [7, 11) is 0. The van der Waals surface area contributed by atoms with E-state index in [9.17, 15) is 19.5 Å². The molecular weight excluding hydrogens is 248 g/mol. The summed E-state index contributed by atoms with van der Waals surface area (Å²) in [5.41, 5.74) is -1.88. The van der Waals surface area contributed by atoms with E-state index >= 15 is 0 Å². The molecule has 1 aromatic carbocycles. The maximum Gasteiger partial charge on any atom is 0.307 e. The second-order valence-electron chi connectivity index (χ2n) is 4.37. The maximum atomic E-state index is 12.1. The molecule has 5 nitrogen and oxygen atoms in total. The molecule has 0 heterocycles. The molecule has 1 aliphatic carbocycles. The fourth-order valence-electron chi connectivity index (χ4n) is 2.11. The molecule has 0 aromatic heterocycles. The number of carbonyl (C=O) groups excluding carboxylic acids is 3. The molecule has 19 heavy (non-hydrogen) atoms. The van der Waals surface area contributed by atoms with Crippen molar-refractivity contribution in [1.82, 2.24) is 0 Å². The predicted octanol–water partition coefficient (Wildman–Crippen LogP) is 1.26. The van der Waals surface area contributed by atoms with Crippen LogP contribution in [0.25, 0.3) is 0 Å². The van der Waals surface area contributed by atoms with Crippen LogP contribution >= 0.6 is 0 Å². The highest BCUT2D eigenvalue weighted by atomic mass is 16.5. The number of hydrogen-bond donors (Lipinski definition) is 1. The number of fused-ring (bicyclic) bond motifs is 1. The van der Waals surface area contributed by atoms with E-state index in [1.54, 1.807) is 12.1 Å². The van der Waals surface area contributed by atoms with Crippen molar-refractivity contribution >= 4 is 17.5 Å². The summed E-state index contributed by atoms with van der Waals surface area (Å²) in [6.07, 6.45) is -0.432. The number of carbonyl (C=O) groups is 3. The van der Waals surface area contributed by atoms with Crippen LogP contribution in [0.5, 0.6) is 0 Å². The van der Waals surface area contributed by atoms with Gasteiger partial charge in [0, 0.05) is 24.5 Å². The first-order valence-electron chi connectivity index (χ1n) is 5.63. The van der Waals surface area contributed by atoms with E-state index in [-0.39, 0.29) is 16.9 Å². The minimum Gasteiger partial charge on any atom is -0.432 e. The van der Waals surface area contributed by atoms with Crippen LogP contribution in [-0.2, 0) is 9.53 Å². The van der Waals surface area contributed by atoms with Gasteiger partial charge in [-0.25, -0.2) is 0 Å². The first-order valence-corrected chi connectivity index (χ1v) is 5.63. The number of hydrogen-bond acceptors (Lipinski definition) is 5. The van der Waals surface area contributed by atoms with Gasteiger partial charge >= 0.3 is 5.97 Å². The number of ether oxygens (including phenoxy) is 1. The third kappa shape index (κ3) is 2.08. The molecule has 0 atom stereocenters. The Balaban J connectivity index is 2.32. The molecule has 1 aromatic rings. The second-order valence-corrected chi connectivity index (χ2v) is 4.37. The van der Waals surface area contributed by atoms with Crippen molar-refractivity contribution < 1.29 is 24.2 Å². The van der Waals surface area contributed by atoms with E-state index in [0.29, 0.717) is 0 Å². The van der Waals surface area contributed by atoms with E-state index in [1.807, 2.05) is 0 Å². The van der Waals surface area contributed by atoms with Crippen molar-refractivity contribution in [2.45, 2.75) is 18.9 Å². The van der Waals surface area contributed by atoms with Crippen molar-refractivity contribution in [3.05, 3.63) is 47.7 Å². The van der Waals surface area contributed by atoms with Crippen LogP contribution in [0.1, 0.15) is 34.1 Å². The molecule has 0 aliphatic heterocycles. The van der Waals surface area contributed by atoms with Gasteiger partial charge in [-0.3, -0.25) is 14.4 Å². The van der Waals surface area contributed by atoms with Gasteiger partial charge < -0.3 is 9.84 Å². The Hall–Kier alpha value is -2.27. The van der Waals surface area contributed by atoms with Gasteiger partial charge in [0.05, 0.1) is 0 Å². The zero-order chi connectivity index (χ0) is 14.2. The summed E-state index contributed by atoms with van der Waals surface area (Å²) in [4.78, 5) is 35.0. The Morgan fingerprint density at radius 1 is 1.26 bits per heavy atom. The van der Waals surface area contributed by atoms with Gasteiger partial charge in [-0.1, -0.05) is 30.8 Å². The monoisotopic (exact) mass is 260 g/mol. The molecule has 1 N–H and O–H groups in total. The van der Waals surface area contributed by atoms with Gasteiger partial charge in [-0.15, -0.1) is 0 Å². The lowest BCUT2D eigenvalue weighted by Gasteiger charge is -2.19. The lowest BCUT2D eigenvalue weighted by Crippen LogP contribution is -2.41. The van der Waals surface area contributed by atoms with Crippen molar-refractivity contribution in [2.75, 3.05) is 0 Å². The highest BCUT2D eigenvalue weighted by Crippen LogP contribution is 2.34. The van der Waals surface area contributed by atoms with E-state index in [2.05, 4.69) is 11.3 Å². The minimum atomic E-state index is -2.23. The normalized spacial score (nSPS) is 16.1. The number of rotatable bonds is 3. The summed E-state index contributed by atoms with van der Waals surface area (Å²) >= 11 is 0. The molecule has 0 spiro atoms. The Labute approximate surface area is 109 Å². The average molecular weight is 260 g/mol. The molecule has 5 heteroatoms. The average Bonchev–Trinajstić information content (AvgIpc) is 2.52. The van der Waals surface area contributed by atoms with E-state index in [1.165, 1.54) is 19.1 Å². The first-order chi connectivity index (χ1) is 8.86. The van der Waals surface area contributed by atoms with E-state index < -0.39 is 29.6 Å². The number of Topliss-reactive ketones (excluding diaryl/α,β-unsaturated/α-hetero) is 2. The quantitative estimate of drug-likeness (QED) is 0.502. The lowest BCUT2D eigenvalue weighted by molar-refractivity contribution is -0.137. The van der Waals surface area contributed by atoms with Gasteiger partial charge in [0.1, 0.15) is 5.76 Å². The zero-order valence-electron chi connectivity index (χ0n) is 10.3. The third-order valence-corrected chi connectivity index (χ3v) is 2.91. The van der Waals surface area contributed by atoms with Gasteiger partial charge in [-0.05, 0) is 0 Å². The van der Waals surface area contributed by atoms with Crippen LogP contribution in [-0.4, -0.2) is 28.2 Å². The summed E-state index contributed by atoms with van der Waals surface area (Å²) in [6, 6.07) is 6.16. The molecule has 0 unspecified atom stereocenters. The molecule has 0 radical (unpaired) electrons. The summed E-state index contributed by atoms with van der Waals surface area (Å²) in [6.45, 7) is 4.60. The standard InChI is InChI=1S/C14H12O5/c1-8(19-9(2)15)7-14(18)12(16)10-5-3-4-6-11(10)13(14)17/h3-6,18H,1,7H2,2H3. The number of ketones is 2. The SMILES string of the molecule is C=C(CC1(O)C(=O)c2ccccc2C1=O)OC(C)=O. The van der Waals surface area contributed by atoms with Crippen LogP contribution < -0.4 is 0 Å². The van der Waals surface area contributed by atoms with Crippen LogP contribution in [0, 0.1) is 0 Å². The Morgan fingerprint density at radius 2 is 1.74 bits per heavy atom. The molecule has 1 aliphatic rings. The topological polar surface area (TPSA) is 80.7 Å². The summed E-state index contributed by atoms with van der Waals surface area (Å²) in [5, 5.41) is 10.3. The van der Waals surface area contributed by atoms with Crippen molar-refractivity contribution in [3.63, 3.8) is 0 Å². The van der Waals surface area contributed by atoms with Crippen LogP contribution in [0.4, 0.5) is 0 Å². The van der Waals surface area contributed by atoms with Crippen molar-refractivity contribution in [1.29, 1.82) is 0 Å². The van der Waals surface area contributed by atoms with Gasteiger partial charge in [0.2, 0.25) is 11.6 Å². The van der Waals surface area contributed by atoms with Crippen LogP contribution in [0.15, 0.2) is 36.6 Å². The second kappa shape index (κ2) is 4.44. The van der Waals surface area contributed by atoms with Crippen molar-refractivity contribution in [3.8, 4) is 0 Å². The Kier molecular flexibility index (Phi) is 3.08.